The SMILES string of the molecule is Cc1cc(NCc2ccc(-c3ccccc3C(=O)O)cc2)nc(C(F)(F)F)n1. The maximum atomic E-state index is 12.8. The van der Waals surface area contributed by atoms with Crippen molar-refractivity contribution in [3.63, 3.8) is 0 Å². The highest BCUT2D eigenvalue weighted by molar-refractivity contribution is 5.95. The number of benzene rings is 2. The molecule has 0 spiro atoms. The van der Waals surface area contributed by atoms with Gasteiger partial charge in [-0.15, -0.1) is 0 Å². The van der Waals surface area contributed by atoms with Crippen LogP contribution in [0.25, 0.3) is 11.1 Å². The van der Waals surface area contributed by atoms with Gasteiger partial charge in [0.1, 0.15) is 5.82 Å². The van der Waals surface area contributed by atoms with Gasteiger partial charge in [0.15, 0.2) is 0 Å². The van der Waals surface area contributed by atoms with Crippen molar-refractivity contribution in [3.05, 3.63) is 77.2 Å². The molecule has 2 N–H and O–H groups in total. The molecule has 0 atom stereocenters. The quantitative estimate of drug-likeness (QED) is 0.659. The summed E-state index contributed by atoms with van der Waals surface area (Å²) in [5.74, 6) is -2.11. The second kappa shape index (κ2) is 7.67. The van der Waals surface area contributed by atoms with E-state index in [2.05, 4.69) is 15.3 Å². The van der Waals surface area contributed by atoms with Gasteiger partial charge in [0.2, 0.25) is 5.82 Å². The zero-order valence-electron chi connectivity index (χ0n) is 14.8. The molecule has 8 heteroatoms. The number of hydrogen-bond acceptors (Lipinski definition) is 4. The van der Waals surface area contributed by atoms with Crippen LogP contribution in [0.1, 0.15) is 27.4 Å². The summed E-state index contributed by atoms with van der Waals surface area (Å²) in [5, 5.41) is 12.1. The van der Waals surface area contributed by atoms with Crippen molar-refractivity contribution >= 4 is 11.8 Å². The number of aryl methyl sites for hydroxylation is 1. The molecule has 0 aliphatic carbocycles. The summed E-state index contributed by atoms with van der Waals surface area (Å²) in [4.78, 5) is 18.3. The zero-order chi connectivity index (χ0) is 20.3. The van der Waals surface area contributed by atoms with Gasteiger partial charge in [-0.2, -0.15) is 13.2 Å². The second-order valence-corrected chi connectivity index (χ2v) is 6.12. The van der Waals surface area contributed by atoms with Crippen LogP contribution in [0.5, 0.6) is 0 Å². The zero-order valence-corrected chi connectivity index (χ0v) is 14.8. The van der Waals surface area contributed by atoms with Crippen LogP contribution < -0.4 is 5.32 Å². The fourth-order valence-corrected chi connectivity index (χ4v) is 2.70. The number of carboxylic acid groups (broad SMARTS) is 1. The van der Waals surface area contributed by atoms with E-state index >= 15 is 0 Å². The molecular formula is C20H16F3N3O2. The first kappa shape index (κ1) is 19.3. The van der Waals surface area contributed by atoms with Gasteiger partial charge >= 0.3 is 12.1 Å². The lowest BCUT2D eigenvalue weighted by Crippen LogP contribution is -2.14. The molecule has 0 fully saturated rings. The van der Waals surface area contributed by atoms with Gasteiger partial charge in [-0.25, -0.2) is 14.8 Å². The van der Waals surface area contributed by atoms with Gasteiger partial charge in [-0.3, -0.25) is 0 Å². The van der Waals surface area contributed by atoms with Gasteiger partial charge in [-0.05, 0) is 29.7 Å². The highest BCUT2D eigenvalue weighted by atomic mass is 19.4. The molecule has 1 aromatic heterocycles. The van der Waals surface area contributed by atoms with Crippen LogP contribution in [0.3, 0.4) is 0 Å². The highest BCUT2D eigenvalue weighted by Crippen LogP contribution is 2.27. The van der Waals surface area contributed by atoms with E-state index in [4.69, 9.17) is 0 Å². The first-order valence-corrected chi connectivity index (χ1v) is 8.32. The molecule has 5 nitrogen and oxygen atoms in total. The maximum absolute atomic E-state index is 12.8. The summed E-state index contributed by atoms with van der Waals surface area (Å²) in [6.07, 6.45) is -4.61. The molecule has 0 amide bonds. The number of anilines is 1. The molecule has 0 radical (unpaired) electrons. The molecule has 2 aromatic carbocycles. The molecular weight excluding hydrogens is 371 g/mol. The van der Waals surface area contributed by atoms with Crippen LogP contribution >= 0.6 is 0 Å². The van der Waals surface area contributed by atoms with E-state index in [1.165, 1.54) is 19.1 Å². The largest absolute Gasteiger partial charge is 0.478 e. The number of nitrogens with zero attached hydrogens (tertiary/aromatic N) is 2. The summed E-state index contributed by atoms with van der Waals surface area (Å²) < 4.78 is 38.4. The minimum atomic E-state index is -4.61. The number of carbonyl (C=O) groups is 1. The van der Waals surface area contributed by atoms with Gasteiger partial charge < -0.3 is 10.4 Å². The number of alkyl halides is 3. The molecule has 28 heavy (non-hydrogen) atoms. The molecule has 3 aromatic rings. The fourth-order valence-electron chi connectivity index (χ4n) is 2.70. The van der Waals surface area contributed by atoms with Crippen molar-refractivity contribution in [1.29, 1.82) is 0 Å². The summed E-state index contributed by atoms with van der Waals surface area (Å²) in [5.41, 5.74) is 2.55. The number of hydrogen-bond donors (Lipinski definition) is 2. The lowest BCUT2D eigenvalue weighted by Gasteiger charge is -2.11. The molecule has 144 valence electrons. The monoisotopic (exact) mass is 387 g/mol. The Bertz CT molecular complexity index is 1000. The van der Waals surface area contributed by atoms with Crippen molar-refractivity contribution in [2.45, 2.75) is 19.6 Å². The lowest BCUT2D eigenvalue weighted by molar-refractivity contribution is -0.145. The number of aromatic nitrogens is 2. The van der Waals surface area contributed by atoms with Crippen LogP contribution in [-0.2, 0) is 12.7 Å². The third-order valence-electron chi connectivity index (χ3n) is 4.00. The van der Waals surface area contributed by atoms with Crippen molar-refractivity contribution in [1.82, 2.24) is 9.97 Å². The number of carboxylic acids is 1. The lowest BCUT2D eigenvalue weighted by atomic mass is 9.99. The van der Waals surface area contributed by atoms with E-state index in [-0.39, 0.29) is 23.6 Å². The second-order valence-electron chi connectivity index (χ2n) is 6.12. The van der Waals surface area contributed by atoms with E-state index in [1.807, 2.05) is 0 Å². The molecule has 0 saturated carbocycles. The Labute approximate surface area is 158 Å². The van der Waals surface area contributed by atoms with Crippen LogP contribution in [0.15, 0.2) is 54.6 Å². The van der Waals surface area contributed by atoms with Crippen molar-refractivity contribution < 1.29 is 23.1 Å². The van der Waals surface area contributed by atoms with Gasteiger partial charge in [0.05, 0.1) is 5.56 Å². The van der Waals surface area contributed by atoms with Crippen molar-refractivity contribution in [3.8, 4) is 11.1 Å². The standard InChI is InChI=1S/C20H16F3N3O2/c1-12-10-17(26-19(25-12)20(21,22)23)24-11-13-6-8-14(9-7-13)15-4-2-3-5-16(15)18(27)28/h2-10H,11H2,1H3,(H,27,28)(H,24,25,26). The fraction of sp³-hybridized carbons (Fsp3) is 0.150. The Morgan fingerprint density at radius 1 is 1.07 bits per heavy atom. The molecule has 1 heterocycles. The van der Waals surface area contributed by atoms with Crippen molar-refractivity contribution in [2.75, 3.05) is 5.32 Å². The van der Waals surface area contributed by atoms with E-state index in [9.17, 15) is 23.1 Å². The normalized spacial score (nSPS) is 11.3. The predicted molar refractivity (Wildman–Crippen MR) is 97.9 cm³/mol. The topological polar surface area (TPSA) is 75.1 Å². The minimum absolute atomic E-state index is 0.0834. The van der Waals surface area contributed by atoms with E-state index in [0.29, 0.717) is 5.56 Å². The van der Waals surface area contributed by atoms with Crippen molar-refractivity contribution in [2.24, 2.45) is 0 Å². The highest BCUT2D eigenvalue weighted by Gasteiger charge is 2.35. The average Bonchev–Trinajstić information content (AvgIpc) is 2.65. The first-order valence-electron chi connectivity index (χ1n) is 8.32. The van der Waals surface area contributed by atoms with E-state index in [1.54, 1.807) is 42.5 Å². The Balaban J connectivity index is 1.76. The Kier molecular flexibility index (Phi) is 5.30. The number of aromatic carboxylic acids is 1. The third-order valence-corrected chi connectivity index (χ3v) is 4.00. The summed E-state index contributed by atoms with van der Waals surface area (Å²) in [6.45, 7) is 1.73. The predicted octanol–water partition coefficient (Wildman–Crippen LogP) is 4.78. The number of nitrogens with one attached hydrogen (secondary N) is 1. The molecule has 0 aliphatic rings. The third kappa shape index (κ3) is 4.46. The molecule has 0 bridgehead atoms. The molecule has 3 rings (SSSR count). The maximum Gasteiger partial charge on any atom is 0.451 e. The van der Waals surface area contributed by atoms with Gasteiger partial charge in [0, 0.05) is 18.3 Å². The average molecular weight is 387 g/mol. The van der Waals surface area contributed by atoms with Crippen LogP contribution in [0, 0.1) is 6.92 Å². The summed E-state index contributed by atoms with van der Waals surface area (Å²) in [7, 11) is 0. The Morgan fingerprint density at radius 2 is 1.75 bits per heavy atom. The Hall–Kier alpha value is -3.42. The number of rotatable bonds is 5. The van der Waals surface area contributed by atoms with Gasteiger partial charge in [0.25, 0.3) is 0 Å². The summed E-state index contributed by atoms with van der Waals surface area (Å²) >= 11 is 0. The first-order chi connectivity index (χ1) is 13.2. The van der Waals surface area contributed by atoms with Gasteiger partial charge in [-0.1, -0.05) is 42.5 Å². The number of halogens is 3. The summed E-state index contributed by atoms with van der Waals surface area (Å²) in [6, 6.07) is 15.2. The van der Waals surface area contributed by atoms with Crippen LogP contribution in [0.2, 0.25) is 0 Å². The smallest absolute Gasteiger partial charge is 0.451 e. The van der Waals surface area contributed by atoms with E-state index < -0.39 is 18.0 Å². The molecule has 0 unspecified atom stereocenters. The minimum Gasteiger partial charge on any atom is -0.478 e. The van der Waals surface area contributed by atoms with Crippen LogP contribution in [-0.4, -0.2) is 21.0 Å². The van der Waals surface area contributed by atoms with E-state index in [0.717, 1.165) is 11.1 Å². The Morgan fingerprint density at radius 3 is 2.39 bits per heavy atom. The van der Waals surface area contributed by atoms with Crippen LogP contribution in [0.4, 0.5) is 19.0 Å². The molecule has 0 aliphatic heterocycles. The molecule has 0 saturated heterocycles.